The van der Waals surface area contributed by atoms with Gasteiger partial charge < -0.3 is 99.5 Å². The van der Waals surface area contributed by atoms with Crippen molar-refractivity contribution in [2.75, 3.05) is 19.8 Å². The first-order chi connectivity index (χ1) is 20.7. The number of ether oxygens (including phenoxy) is 7. The van der Waals surface area contributed by atoms with Crippen molar-refractivity contribution < 1.29 is 99.5 Å². The van der Waals surface area contributed by atoms with Crippen LogP contribution in [0, 0.1) is 0 Å². The van der Waals surface area contributed by atoms with E-state index >= 15 is 0 Å². The molecule has 0 aromatic carbocycles. The monoisotopic (exact) mass is 650 g/mol. The van der Waals surface area contributed by atoms with Gasteiger partial charge in [0.15, 0.2) is 25.2 Å². The standard InChI is InChI=1S/C24H42O20/c1-5-9(27)20(18(36)21(37)39-5)44-24-16(34)13(31)11(29)8(42-24)4-38-22-17(35)14(32)19(7(3-26)41-22)43-23-15(33)12(30)10(28)6(2-25)40-23/h5-37H,2-4H2,1H3/t5-,6-,7-,8-,9+,10-,11-,12+,13+,14-,15-,16-,17-,18-,19-,20+,21-,22?,23?,24+/m1/s1. The Hall–Kier alpha value is -0.800. The highest BCUT2D eigenvalue weighted by atomic mass is 16.8. The summed E-state index contributed by atoms with van der Waals surface area (Å²) < 4.78 is 37.6. The Labute approximate surface area is 249 Å². The van der Waals surface area contributed by atoms with Crippen LogP contribution in [0.1, 0.15) is 6.92 Å². The summed E-state index contributed by atoms with van der Waals surface area (Å²) in [7, 11) is 0. The first-order valence-corrected chi connectivity index (χ1v) is 14.0. The summed E-state index contributed by atoms with van der Waals surface area (Å²) in [6.45, 7) is -0.907. The van der Waals surface area contributed by atoms with Gasteiger partial charge in [-0.15, -0.1) is 0 Å². The Kier molecular flexibility index (Phi) is 12.3. The molecule has 4 aliphatic heterocycles. The van der Waals surface area contributed by atoms with Gasteiger partial charge >= 0.3 is 0 Å². The first-order valence-electron chi connectivity index (χ1n) is 14.0. The lowest BCUT2D eigenvalue weighted by Gasteiger charge is -2.47. The molecule has 44 heavy (non-hydrogen) atoms. The zero-order chi connectivity index (χ0) is 32.6. The van der Waals surface area contributed by atoms with Crippen LogP contribution in [0.3, 0.4) is 0 Å². The Morgan fingerprint density at radius 2 is 0.932 bits per heavy atom. The quantitative estimate of drug-likeness (QED) is 0.110. The summed E-state index contributed by atoms with van der Waals surface area (Å²) in [6, 6.07) is 0. The molecule has 0 aromatic heterocycles. The van der Waals surface area contributed by atoms with Crippen LogP contribution in [-0.4, -0.2) is 209 Å². The van der Waals surface area contributed by atoms with Crippen molar-refractivity contribution in [1.29, 1.82) is 0 Å². The second-order valence-corrected chi connectivity index (χ2v) is 11.2. The molecular formula is C24H42O20. The molecule has 0 bridgehead atoms. The molecule has 258 valence electrons. The van der Waals surface area contributed by atoms with Crippen LogP contribution in [0.15, 0.2) is 0 Å². The Morgan fingerprint density at radius 3 is 1.50 bits per heavy atom. The lowest BCUT2D eigenvalue weighted by Crippen LogP contribution is -2.65. The van der Waals surface area contributed by atoms with Crippen LogP contribution in [0.2, 0.25) is 0 Å². The minimum atomic E-state index is -1.91. The summed E-state index contributed by atoms with van der Waals surface area (Å²) in [6.07, 6.45) is -33.5. The second-order valence-electron chi connectivity index (χ2n) is 11.2. The number of rotatable bonds is 9. The van der Waals surface area contributed by atoms with E-state index in [9.17, 15) is 66.4 Å². The average Bonchev–Trinajstić information content (AvgIpc) is 3.00. The molecule has 4 heterocycles. The lowest BCUT2D eigenvalue weighted by molar-refractivity contribution is -0.370. The van der Waals surface area contributed by atoms with Gasteiger partial charge in [-0.25, -0.2) is 0 Å². The third-order valence-electron chi connectivity index (χ3n) is 8.15. The first kappa shape index (κ1) is 36.0. The maximum atomic E-state index is 10.8. The van der Waals surface area contributed by atoms with Gasteiger partial charge in [-0.3, -0.25) is 0 Å². The molecular weight excluding hydrogens is 608 g/mol. The molecule has 4 rings (SSSR count). The molecule has 0 saturated carbocycles. The van der Waals surface area contributed by atoms with E-state index < -0.39 is 143 Å². The van der Waals surface area contributed by atoms with E-state index in [1.807, 2.05) is 0 Å². The number of hydrogen-bond acceptors (Lipinski definition) is 20. The van der Waals surface area contributed by atoms with E-state index in [-0.39, 0.29) is 0 Å². The molecule has 20 heteroatoms. The predicted octanol–water partition coefficient (Wildman–Crippen LogP) is -8.72. The molecule has 4 saturated heterocycles. The summed E-state index contributed by atoms with van der Waals surface area (Å²) >= 11 is 0. The highest BCUT2D eigenvalue weighted by Crippen LogP contribution is 2.32. The molecule has 2 unspecified atom stereocenters. The zero-order valence-electron chi connectivity index (χ0n) is 23.3. The summed E-state index contributed by atoms with van der Waals surface area (Å²) in [5.74, 6) is 0. The molecule has 0 aromatic rings. The van der Waals surface area contributed by atoms with Crippen LogP contribution < -0.4 is 0 Å². The lowest BCUT2D eigenvalue weighted by atomic mass is 9.96. The van der Waals surface area contributed by atoms with Gasteiger partial charge in [0.25, 0.3) is 0 Å². The van der Waals surface area contributed by atoms with Crippen LogP contribution in [0.25, 0.3) is 0 Å². The van der Waals surface area contributed by atoms with E-state index in [2.05, 4.69) is 0 Å². The van der Waals surface area contributed by atoms with Gasteiger partial charge in [-0.1, -0.05) is 0 Å². The minimum Gasteiger partial charge on any atom is -0.394 e. The number of aliphatic hydroxyl groups excluding tert-OH is 13. The van der Waals surface area contributed by atoms with Crippen molar-refractivity contribution in [2.24, 2.45) is 0 Å². The van der Waals surface area contributed by atoms with Gasteiger partial charge in [-0.05, 0) is 6.92 Å². The molecule has 0 amide bonds. The predicted molar refractivity (Wildman–Crippen MR) is 132 cm³/mol. The normalized spacial score (nSPS) is 53.9. The van der Waals surface area contributed by atoms with Crippen molar-refractivity contribution in [2.45, 2.75) is 130 Å². The zero-order valence-corrected chi connectivity index (χ0v) is 23.3. The third-order valence-corrected chi connectivity index (χ3v) is 8.15. The fourth-order valence-corrected chi connectivity index (χ4v) is 5.38. The van der Waals surface area contributed by atoms with Crippen LogP contribution >= 0.6 is 0 Å². The third kappa shape index (κ3) is 7.19. The van der Waals surface area contributed by atoms with Gasteiger partial charge in [0.1, 0.15) is 91.6 Å². The van der Waals surface area contributed by atoms with Crippen molar-refractivity contribution >= 4 is 0 Å². The van der Waals surface area contributed by atoms with Crippen LogP contribution in [0.4, 0.5) is 0 Å². The topological polar surface area (TPSA) is 328 Å². The van der Waals surface area contributed by atoms with Gasteiger partial charge in [0.2, 0.25) is 0 Å². The molecule has 20 atom stereocenters. The largest absolute Gasteiger partial charge is 0.394 e. The summed E-state index contributed by atoms with van der Waals surface area (Å²) in [5.41, 5.74) is 0. The molecule has 4 aliphatic rings. The average molecular weight is 651 g/mol. The molecule has 20 nitrogen and oxygen atoms in total. The van der Waals surface area contributed by atoms with E-state index in [4.69, 9.17) is 33.2 Å². The highest BCUT2D eigenvalue weighted by molar-refractivity contribution is 4.96. The summed E-state index contributed by atoms with van der Waals surface area (Å²) in [5, 5.41) is 132. The van der Waals surface area contributed by atoms with Crippen molar-refractivity contribution in [1.82, 2.24) is 0 Å². The van der Waals surface area contributed by atoms with Crippen LogP contribution in [-0.2, 0) is 33.2 Å². The Morgan fingerprint density at radius 1 is 0.455 bits per heavy atom. The minimum absolute atomic E-state index is 0.687. The Bertz CT molecular complexity index is 884. The maximum Gasteiger partial charge on any atom is 0.187 e. The maximum absolute atomic E-state index is 10.8. The highest BCUT2D eigenvalue weighted by Gasteiger charge is 2.53. The smallest absolute Gasteiger partial charge is 0.187 e. The molecule has 0 radical (unpaired) electrons. The van der Waals surface area contributed by atoms with Gasteiger partial charge in [-0.2, -0.15) is 0 Å². The van der Waals surface area contributed by atoms with Crippen molar-refractivity contribution in [3.63, 3.8) is 0 Å². The molecule has 13 N–H and O–H groups in total. The van der Waals surface area contributed by atoms with E-state index in [0.717, 1.165) is 0 Å². The SMILES string of the molecule is C[C@H]1O[C@@H](O)[C@H](O)[C@@H](O[C@@H]2O[C@H](COC3O[C@H](CO)[C@@H](OC4O[C@H](CO)[C@@H](O)[C@H](O)[C@H]4O)[C@H](O)[C@H]3O)[C@@H](O)[C@H](O)[C@H]2O)[C@H]1O. The van der Waals surface area contributed by atoms with E-state index in [1.54, 1.807) is 0 Å². The molecule has 0 spiro atoms. The van der Waals surface area contributed by atoms with Gasteiger partial charge in [0.05, 0.1) is 25.9 Å². The molecule has 4 fully saturated rings. The van der Waals surface area contributed by atoms with Gasteiger partial charge in [0, 0.05) is 0 Å². The van der Waals surface area contributed by atoms with Crippen LogP contribution in [0.5, 0.6) is 0 Å². The second kappa shape index (κ2) is 15.0. The Balaban J connectivity index is 1.39. The van der Waals surface area contributed by atoms with E-state index in [0.29, 0.717) is 0 Å². The number of hydrogen-bond donors (Lipinski definition) is 13. The molecule has 0 aliphatic carbocycles. The fourth-order valence-electron chi connectivity index (χ4n) is 5.38. The number of aliphatic hydroxyl groups is 13. The summed E-state index contributed by atoms with van der Waals surface area (Å²) in [4.78, 5) is 0. The van der Waals surface area contributed by atoms with E-state index in [1.165, 1.54) is 6.92 Å². The fraction of sp³-hybridized carbons (Fsp3) is 1.00. The van der Waals surface area contributed by atoms with Crippen molar-refractivity contribution in [3.05, 3.63) is 0 Å². The van der Waals surface area contributed by atoms with Crippen molar-refractivity contribution in [3.8, 4) is 0 Å².